The number of methoxy groups -OCH3 is 1. The summed E-state index contributed by atoms with van der Waals surface area (Å²) < 4.78 is 11.1. The third-order valence-corrected chi connectivity index (χ3v) is 3.61. The monoisotopic (exact) mass is 285 g/mol. The number of rotatable bonds is 4. The second-order valence-corrected chi connectivity index (χ2v) is 5.06. The van der Waals surface area contributed by atoms with Gasteiger partial charge in [0.25, 0.3) is 0 Å². The molecule has 0 saturated carbocycles. The van der Waals surface area contributed by atoms with Crippen molar-refractivity contribution in [1.82, 2.24) is 9.97 Å². The van der Waals surface area contributed by atoms with E-state index in [0.717, 1.165) is 31.1 Å². The molecule has 0 aliphatic carbocycles. The van der Waals surface area contributed by atoms with E-state index in [1.54, 1.807) is 25.7 Å². The molecule has 5 nitrogen and oxygen atoms in total. The lowest BCUT2D eigenvalue weighted by Gasteiger charge is -2.33. The predicted octanol–water partition coefficient (Wildman–Crippen LogP) is 1.93. The molecule has 2 heterocycles. The molecule has 0 amide bonds. The lowest BCUT2D eigenvalue weighted by atomic mass is 10.1. The maximum atomic E-state index is 5.88. The highest BCUT2D eigenvalue weighted by molar-refractivity contribution is 5.36. The molecule has 0 N–H and O–H groups in total. The smallest absolute Gasteiger partial charge is 0.147 e. The van der Waals surface area contributed by atoms with Crippen LogP contribution in [0, 0.1) is 0 Å². The minimum Gasteiger partial charge on any atom is -0.497 e. The van der Waals surface area contributed by atoms with Crippen LogP contribution in [0.4, 0.5) is 5.82 Å². The van der Waals surface area contributed by atoms with Crippen LogP contribution in [-0.2, 0) is 11.2 Å². The van der Waals surface area contributed by atoms with E-state index in [1.165, 1.54) is 5.56 Å². The van der Waals surface area contributed by atoms with Crippen molar-refractivity contribution >= 4 is 5.82 Å². The van der Waals surface area contributed by atoms with Gasteiger partial charge in [0.15, 0.2) is 0 Å². The Kier molecular flexibility index (Phi) is 4.31. The summed E-state index contributed by atoms with van der Waals surface area (Å²) in [5, 5.41) is 0. The normalized spacial score (nSPS) is 18.5. The first-order chi connectivity index (χ1) is 10.3. The fourth-order valence-corrected chi connectivity index (χ4v) is 2.57. The van der Waals surface area contributed by atoms with Crippen LogP contribution in [0.5, 0.6) is 5.75 Å². The maximum Gasteiger partial charge on any atom is 0.147 e. The zero-order chi connectivity index (χ0) is 14.5. The second-order valence-electron chi connectivity index (χ2n) is 5.06. The summed E-state index contributed by atoms with van der Waals surface area (Å²) >= 11 is 0. The summed E-state index contributed by atoms with van der Waals surface area (Å²) in [6.07, 6.45) is 6.24. The fourth-order valence-electron chi connectivity index (χ4n) is 2.57. The Hall–Kier alpha value is -2.14. The third-order valence-electron chi connectivity index (χ3n) is 3.61. The molecular weight excluding hydrogens is 266 g/mol. The molecule has 2 aromatic rings. The molecule has 110 valence electrons. The molecule has 3 rings (SSSR count). The van der Waals surface area contributed by atoms with Crippen LogP contribution < -0.4 is 9.64 Å². The van der Waals surface area contributed by atoms with Crippen LogP contribution in [0.1, 0.15) is 5.56 Å². The van der Waals surface area contributed by atoms with Gasteiger partial charge in [-0.15, -0.1) is 0 Å². The van der Waals surface area contributed by atoms with E-state index in [2.05, 4.69) is 27.0 Å². The number of anilines is 1. The summed E-state index contributed by atoms with van der Waals surface area (Å²) in [4.78, 5) is 10.7. The lowest BCUT2D eigenvalue weighted by molar-refractivity contribution is 0.0408. The summed E-state index contributed by atoms with van der Waals surface area (Å²) in [6.45, 7) is 2.40. The Bertz CT molecular complexity index is 577. The van der Waals surface area contributed by atoms with E-state index in [-0.39, 0.29) is 6.10 Å². The van der Waals surface area contributed by atoms with Gasteiger partial charge in [0.1, 0.15) is 11.6 Å². The maximum absolute atomic E-state index is 5.88. The van der Waals surface area contributed by atoms with Crippen LogP contribution >= 0.6 is 0 Å². The molecule has 1 atom stereocenters. The molecule has 0 spiro atoms. The van der Waals surface area contributed by atoms with E-state index >= 15 is 0 Å². The molecule has 1 saturated heterocycles. The van der Waals surface area contributed by atoms with Gasteiger partial charge >= 0.3 is 0 Å². The number of nitrogens with zero attached hydrogens (tertiary/aromatic N) is 3. The largest absolute Gasteiger partial charge is 0.497 e. The lowest BCUT2D eigenvalue weighted by Crippen LogP contribution is -2.43. The quantitative estimate of drug-likeness (QED) is 0.859. The molecule has 1 fully saturated rings. The van der Waals surface area contributed by atoms with Gasteiger partial charge in [-0.1, -0.05) is 12.1 Å². The Morgan fingerprint density at radius 2 is 2.33 bits per heavy atom. The Morgan fingerprint density at radius 1 is 1.38 bits per heavy atom. The van der Waals surface area contributed by atoms with Gasteiger partial charge in [0.2, 0.25) is 0 Å². The molecule has 0 radical (unpaired) electrons. The van der Waals surface area contributed by atoms with Gasteiger partial charge in [-0.05, 0) is 17.7 Å². The van der Waals surface area contributed by atoms with Crippen molar-refractivity contribution in [2.75, 3.05) is 31.7 Å². The summed E-state index contributed by atoms with van der Waals surface area (Å²) in [5.41, 5.74) is 1.22. The average Bonchev–Trinajstić information content (AvgIpc) is 2.56. The predicted molar refractivity (Wildman–Crippen MR) is 80.7 cm³/mol. The molecule has 1 aromatic carbocycles. The average molecular weight is 285 g/mol. The molecule has 1 aromatic heterocycles. The van der Waals surface area contributed by atoms with Crippen molar-refractivity contribution in [3.8, 4) is 5.75 Å². The SMILES string of the molecule is COc1cccc(C[C@H]2CN(c3cnccn3)CCO2)c1. The molecular formula is C16H19N3O2. The van der Waals surface area contributed by atoms with E-state index in [0.29, 0.717) is 6.61 Å². The first kappa shape index (κ1) is 13.8. The van der Waals surface area contributed by atoms with Crippen molar-refractivity contribution in [2.24, 2.45) is 0 Å². The molecule has 1 aliphatic heterocycles. The first-order valence-corrected chi connectivity index (χ1v) is 7.10. The second kappa shape index (κ2) is 6.54. The van der Waals surface area contributed by atoms with Gasteiger partial charge in [0.05, 0.1) is 26.0 Å². The van der Waals surface area contributed by atoms with Crippen molar-refractivity contribution in [2.45, 2.75) is 12.5 Å². The number of ether oxygens (including phenoxy) is 2. The number of hydrogen-bond donors (Lipinski definition) is 0. The standard InChI is InChI=1S/C16H19N3O2/c1-20-14-4-2-3-13(9-14)10-15-12-19(7-8-21-15)16-11-17-5-6-18-16/h2-6,9,11,15H,7-8,10,12H2,1H3/t15-/m0/s1. The third kappa shape index (κ3) is 3.49. The van der Waals surface area contributed by atoms with Crippen LogP contribution in [0.2, 0.25) is 0 Å². The molecule has 0 unspecified atom stereocenters. The zero-order valence-electron chi connectivity index (χ0n) is 12.1. The summed E-state index contributed by atoms with van der Waals surface area (Å²) in [5.74, 6) is 1.80. The number of aromatic nitrogens is 2. The van der Waals surface area contributed by atoms with Crippen LogP contribution in [-0.4, -0.2) is 42.9 Å². The topological polar surface area (TPSA) is 47.5 Å². The van der Waals surface area contributed by atoms with Gasteiger partial charge in [-0.25, -0.2) is 4.98 Å². The summed E-state index contributed by atoms with van der Waals surface area (Å²) in [7, 11) is 1.69. The van der Waals surface area contributed by atoms with Gasteiger partial charge in [0, 0.05) is 31.9 Å². The van der Waals surface area contributed by atoms with Gasteiger partial charge < -0.3 is 14.4 Å². The molecule has 21 heavy (non-hydrogen) atoms. The highest BCUT2D eigenvalue weighted by Gasteiger charge is 2.21. The summed E-state index contributed by atoms with van der Waals surface area (Å²) in [6, 6.07) is 8.13. The van der Waals surface area contributed by atoms with Crippen molar-refractivity contribution in [3.63, 3.8) is 0 Å². The Balaban J connectivity index is 1.66. The molecule has 1 aliphatic rings. The van der Waals surface area contributed by atoms with Crippen molar-refractivity contribution in [1.29, 1.82) is 0 Å². The van der Waals surface area contributed by atoms with Gasteiger partial charge in [-0.3, -0.25) is 4.98 Å². The highest BCUT2D eigenvalue weighted by atomic mass is 16.5. The highest BCUT2D eigenvalue weighted by Crippen LogP contribution is 2.19. The minimum absolute atomic E-state index is 0.160. The van der Waals surface area contributed by atoms with Crippen LogP contribution in [0.3, 0.4) is 0 Å². The fraction of sp³-hybridized carbons (Fsp3) is 0.375. The number of benzene rings is 1. The van der Waals surface area contributed by atoms with Crippen molar-refractivity contribution in [3.05, 3.63) is 48.4 Å². The van der Waals surface area contributed by atoms with Crippen LogP contribution in [0.15, 0.2) is 42.9 Å². The zero-order valence-corrected chi connectivity index (χ0v) is 12.1. The Morgan fingerprint density at radius 3 is 3.14 bits per heavy atom. The van der Waals surface area contributed by atoms with Crippen LogP contribution in [0.25, 0.3) is 0 Å². The Labute approximate surface area is 124 Å². The van der Waals surface area contributed by atoms with E-state index in [9.17, 15) is 0 Å². The van der Waals surface area contributed by atoms with E-state index in [1.807, 2.05) is 12.1 Å². The molecule has 5 heteroatoms. The van der Waals surface area contributed by atoms with E-state index < -0.39 is 0 Å². The number of morpholine rings is 1. The number of hydrogen-bond acceptors (Lipinski definition) is 5. The first-order valence-electron chi connectivity index (χ1n) is 7.10. The van der Waals surface area contributed by atoms with Crippen molar-refractivity contribution < 1.29 is 9.47 Å². The van der Waals surface area contributed by atoms with Gasteiger partial charge in [-0.2, -0.15) is 0 Å². The molecule has 0 bridgehead atoms. The minimum atomic E-state index is 0.160. The van der Waals surface area contributed by atoms with E-state index in [4.69, 9.17) is 9.47 Å².